The van der Waals surface area contributed by atoms with Crippen molar-refractivity contribution < 1.29 is 0 Å². The van der Waals surface area contributed by atoms with Crippen molar-refractivity contribution in [2.45, 2.75) is 13.8 Å². The van der Waals surface area contributed by atoms with E-state index in [1.807, 2.05) is 31.2 Å². The summed E-state index contributed by atoms with van der Waals surface area (Å²) in [4.78, 5) is 5.64. The lowest BCUT2D eigenvalue weighted by Crippen LogP contribution is -1.84. The zero-order chi connectivity index (χ0) is 14.5. The molecule has 0 aliphatic carbocycles. The molecule has 6 nitrogen and oxygen atoms in total. The maximum Gasteiger partial charge on any atom is 0.0487 e. The first-order chi connectivity index (χ1) is 9.67. The highest BCUT2D eigenvalue weighted by atomic mass is 15.1. The van der Waals surface area contributed by atoms with Crippen LogP contribution in [0.2, 0.25) is 0 Å². The van der Waals surface area contributed by atoms with E-state index in [0.717, 1.165) is 16.7 Å². The van der Waals surface area contributed by atoms with Gasteiger partial charge in [-0.25, -0.2) is 0 Å². The second-order valence-electron chi connectivity index (χ2n) is 4.35. The van der Waals surface area contributed by atoms with Gasteiger partial charge in [-0.2, -0.15) is 0 Å². The number of benzene rings is 2. The summed E-state index contributed by atoms with van der Waals surface area (Å²) in [6.07, 6.45) is 0. The SMILES string of the molecule is Cc1cccc(-c2ccc(N=[N+]=[N-])c(C)c2N=[N+]=[N-])c1. The molecule has 0 radical (unpaired) electrons. The van der Waals surface area contributed by atoms with Crippen molar-refractivity contribution in [3.05, 3.63) is 68.4 Å². The molecule has 0 aliphatic rings. The predicted molar refractivity (Wildman–Crippen MR) is 79.0 cm³/mol. The van der Waals surface area contributed by atoms with Crippen LogP contribution in [0, 0.1) is 13.8 Å². The summed E-state index contributed by atoms with van der Waals surface area (Å²) in [5.74, 6) is 0. The molecule has 0 N–H and O–H groups in total. The number of aryl methyl sites for hydroxylation is 1. The Morgan fingerprint density at radius 2 is 1.70 bits per heavy atom. The van der Waals surface area contributed by atoms with Gasteiger partial charge in [-0.15, -0.1) is 0 Å². The minimum atomic E-state index is 0.464. The van der Waals surface area contributed by atoms with Gasteiger partial charge in [-0.05, 0) is 41.6 Å². The largest absolute Gasteiger partial charge is 0.0614 e. The fraction of sp³-hybridized carbons (Fsp3) is 0.143. The quantitative estimate of drug-likeness (QED) is 0.377. The monoisotopic (exact) mass is 264 g/mol. The van der Waals surface area contributed by atoms with Gasteiger partial charge in [0.1, 0.15) is 0 Å². The van der Waals surface area contributed by atoms with E-state index in [4.69, 9.17) is 11.1 Å². The summed E-state index contributed by atoms with van der Waals surface area (Å²) in [6.45, 7) is 3.77. The van der Waals surface area contributed by atoms with Crippen LogP contribution in [0.3, 0.4) is 0 Å². The minimum absolute atomic E-state index is 0.464. The molecule has 0 heterocycles. The molecule has 2 aromatic carbocycles. The second-order valence-corrected chi connectivity index (χ2v) is 4.35. The molecule has 2 aromatic rings. The summed E-state index contributed by atoms with van der Waals surface area (Å²) in [6, 6.07) is 11.4. The summed E-state index contributed by atoms with van der Waals surface area (Å²) in [7, 11) is 0. The van der Waals surface area contributed by atoms with Crippen LogP contribution in [-0.4, -0.2) is 0 Å². The molecule has 0 bridgehead atoms. The van der Waals surface area contributed by atoms with Crippen LogP contribution in [0.4, 0.5) is 11.4 Å². The van der Waals surface area contributed by atoms with Gasteiger partial charge in [0.15, 0.2) is 0 Å². The van der Waals surface area contributed by atoms with E-state index >= 15 is 0 Å². The topological polar surface area (TPSA) is 97.5 Å². The van der Waals surface area contributed by atoms with Crippen molar-refractivity contribution in [2.75, 3.05) is 0 Å². The third-order valence-electron chi connectivity index (χ3n) is 3.03. The van der Waals surface area contributed by atoms with Crippen molar-refractivity contribution in [3.63, 3.8) is 0 Å². The maximum atomic E-state index is 8.75. The van der Waals surface area contributed by atoms with E-state index < -0.39 is 0 Å². The summed E-state index contributed by atoms with van der Waals surface area (Å²) < 4.78 is 0. The predicted octanol–water partition coefficient (Wildman–Crippen LogP) is 5.85. The van der Waals surface area contributed by atoms with Crippen molar-refractivity contribution in [2.24, 2.45) is 10.2 Å². The number of hydrogen-bond donors (Lipinski definition) is 0. The van der Waals surface area contributed by atoms with Crippen molar-refractivity contribution in [1.29, 1.82) is 0 Å². The Bertz CT molecular complexity index is 752. The van der Waals surface area contributed by atoms with Gasteiger partial charge < -0.3 is 0 Å². The molecular weight excluding hydrogens is 252 g/mol. The van der Waals surface area contributed by atoms with E-state index in [0.29, 0.717) is 16.9 Å². The van der Waals surface area contributed by atoms with Gasteiger partial charge in [0.2, 0.25) is 0 Å². The van der Waals surface area contributed by atoms with Crippen LogP contribution in [0.25, 0.3) is 32.0 Å². The number of azide groups is 2. The van der Waals surface area contributed by atoms with E-state index in [-0.39, 0.29) is 0 Å². The van der Waals surface area contributed by atoms with E-state index in [1.54, 1.807) is 19.1 Å². The molecule has 20 heavy (non-hydrogen) atoms. The Labute approximate surface area is 115 Å². The van der Waals surface area contributed by atoms with Gasteiger partial charge in [0, 0.05) is 21.2 Å². The van der Waals surface area contributed by atoms with Crippen molar-refractivity contribution in [3.8, 4) is 11.1 Å². The first-order valence-electron chi connectivity index (χ1n) is 5.98. The molecule has 0 amide bonds. The third kappa shape index (κ3) is 2.57. The highest BCUT2D eigenvalue weighted by molar-refractivity contribution is 5.81. The Kier molecular flexibility index (Phi) is 3.91. The average Bonchev–Trinajstić information content (AvgIpc) is 2.44. The third-order valence-corrected chi connectivity index (χ3v) is 3.03. The normalized spacial score (nSPS) is 9.50. The first-order valence-corrected chi connectivity index (χ1v) is 5.98. The highest BCUT2D eigenvalue weighted by Gasteiger charge is 2.09. The molecule has 0 fully saturated rings. The minimum Gasteiger partial charge on any atom is -0.0614 e. The Morgan fingerprint density at radius 1 is 0.950 bits per heavy atom. The van der Waals surface area contributed by atoms with Crippen LogP contribution in [0.5, 0.6) is 0 Å². The van der Waals surface area contributed by atoms with Crippen LogP contribution in [0.1, 0.15) is 11.1 Å². The average molecular weight is 264 g/mol. The molecule has 0 atom stereocenters. The zero-order valence-electron chi connectivity index (χ0n) is 11.1. The molecule has 0 saturated carbocycles. The molecule has 0 spiro atoms. The van der Waals surface area contributed by atoms with Gasteiger partial charge in [-0.3, -0.25) is 0 Å². The molecule has 6 heteroatoms. The summed E-state index contributed by atoms with van der Waals surface area (Å²) >= 11 is 0. The lowest BCUT2D eigenvalue weighted by atomic mass is 9.98. The van der Waals surface area contributed by atoms with Crippen LogP contribution >= 0.6 is 0 Å². The highest BCUT2D eigenvalue weighted by Crippen LogP contribution is 2.38. The number of nitrogens with zero attached hydrogens (tertiary/aromatic N) is 6. The molecule has 2 rings (SSSR count). The Hall–Kier alpha value is -2.94. The smallest absolute Gasteiger partial charge is 0.0487 e. The number of hydrogen-bond acceptors (Lipinski definition) is 2. The van der Waals surface area contributed by atoms with Gasteiger partial charge >= 0.3 is 0 Å². The molecule has 0 unspecified atom stereocenters. The van der Waals surface area contributed by atoms with Gasteiger partial charge in [-0.1, -0.05) is 52.2 Å². The molecule has 98 valence electrons. The van der Waals surface area contributed by atoms with E-state index in [2.05, 4.69) is 20.1 Å². The van der Waals surface area contributed by atoms with Crippen molar-refractivity contribution in [1.82, 2.24) is 0 Å². The molecule has 0 aromatic heterocycles. The fourth-order valence-electron chi connectivity index (χ4n) is 2.07. The summed E-state index contributed by atoms with van der Waals surface area (Å²) in [5.41, 5.74) is 21.8. The lowest BCUT2D eigenvalue weighted by Gasteiger charge is -2.11. The van der Waals surface area contributed by atoms with Gasteiger partial charge in [0.25, 0.3) is 0 Å². The zero-order valence-corrected chi connectivity index (χ0v) is 11.1. The maximum absolute atomic E-state index is 8.75. The molecule has 0 aliphatic heterocycles. The first kappa shape index (κ1) is 13.5. The second kappa shape index (κ2) is 5.80. The molecule has 0 saturated heterocycles. The van der Waals surface area contributed by atoms with Crippen LogP contribution < -0.4 is 0 Å². The van der Waals surface area contributed by atoms with Crippen LogP contribution in [0.15, 0.2) is 46.6 Å². The number of rotatable bonds is 3. The van der Waals surface area contributed by atoms with Gasteiger partial charge in [0.05, 0.1) is 0 Å². The van der Waals surface area contributed by atoms with Crippen LogP contribution in [-0.2, 0) is 0 Å². The lowest BCUT2D eigenvalue weighted by molar-refractivity contribution is 1.33. The Morgan fingerprint density at radius 3 is 2.35 bits per heavy atom. The standard InChI is InChI=1S/C14H12N6/c1-9-4-3-5-11(8-9)12-6-7-13(17-19-15)10(2)14(12)18-20-16/h3-8H,1-2H3. The Balaban J connectivity index is 2.73. The summed E-state index contributed by atoms with van der Waals surface area (Å²) in [5, 5.41) is 7.35. The van der Waals surface area contributed by atoms with E-state index in [1.165, 1.54) is 0 Å². The van der Waals surface area contributed by atoms with E-state index in [9.17, 15) is 0 Å². The van der Waals surface area contributed by atoms with Crippen molar-refractivity contribution >= 4 is 11.4 Å². The molecular formula is C14H12N6. The fourth-order valence-corrected chi connectivity index (χ4v) is 2.07.